The molecule has 13 heavy (non-hydrogen) atoms. The number of hydrogen-bond donors (Lipinski definition) is 0. The first-order valence-electron chi connectivity index (χ1n) is 3.78. The highest BCUT2D eigenvalue weighted by atomic mass is 127. The van der Waals surface area contributed by atoms with Gasteiger partial charge in [0.25, 0.3) is 0 Å². The van der Waals surface area contributed by atoms with Gasteiger partial charge in [0.2, 0.25) is 0 Å². The SMILES string of the molecule is CC(C)CC(=O)OCC(I)=C(Br)I. The number of esters is 1. The second-order valence-corrected chi connectivity index (χ2v) is 7.58. The number of ether oxygens (including phenoxy) is 1. The minimum atomic E-state index is -0.130. The molecule has 0 aliphatic carbocycles. The summed E-state index contributed by atoms with van der Waals surface area (Å²) in [6.45, 7) is 4.36. The van der Waals surface area contributed by atoms with Crippen molar-refractivity contribution in [2.75, 3.05) is 6.61 Å². The molecule has 5 heteroatoms. The zero-order chi connectivity index (χ0) is 10.4. The van der Waals surface area contributed by atoms with E-state index >= 15 is 0 Å². The van der Waals surface area contributed by atoms with Gasteiger partial charge in [0, 0.05) is 10.0 Å². The third-order valence-corrected chi connectivity index (χ3v) is 4.89. The lowest BCUT2D eigenvalue weighted by atomic mass is 10.1. The molecule has 2 nitrogen and oxygen atoms in total. The van der Waals surface area contributed by atoms with Gasteiger partial charge in [0.05, 0.1) is 2.49 Å². The Morgan fingerprint density at radius 1 is 1.46 bits per heavy atom. The summed E-state index contributed by atoms with van der Waals surface area (Å²) in [5.41, 5.74) is 0. The lowest BCUT2D eigenvalue weighted by Crippen LogP contribution is -2.08. The van der Waals surface area contributed by atoms with Crippen LogP contribution in [0.3, 0.4) is 0 Å². The van der Waals surface area contributed by atoms with Crippen LogP contribution in [0.15, 0.2) is 6.07 Å². The second-order valence-electron chi connectivity index (χ2n) is 2.92. The molecule has 0 amide bonds. The first-order chi connectivity index (χ1) is 5.93. The molecule has 0 aromatic rings. The Morgan fingerprint density at radius 3 is 2.38 bits per heavy atom. The molecule has 0 atom stereocenters. The lowest BCUT2D eigenvalue weighted by molar-refractivity contribution is -0.143. The van der Waals surface area contributed by atoms with Crippen LogP contribution in [0.2, 0.25) is 0 Å². The molecule has 0 aromatic heterocycles. The summed E-state index contributed by atoms with van der Waals surface area (Å²) in [6.07, 6.45) is 0.489. The number of carbonyl (C=O) groups excluding carboxylic acids is 1. The molecule has 0 saturated heterocycles. The molecular formula is C8H11BrI2O2. The molecule has 0 bridgehead atoms. The summed E-state index contributed by atoms with van der Waals surface area (Å²) in [7, 11) is 0. The van der Waals surface area contributed by atoms with Gasteiger partial charge in [-0.1, -0.05) is 13.8 Å². The molecular weight excluding hydrogens is 462 g/mol. The zero-order valence-corrected chi connectivity index (χ0v) is 13.3. The van der Waals surface area contributed by atoms with Gasteiger partial charge in [-0.25, -0.2) is 0 Å². The van der Waals surface area contributed by atoms with Crippen molar-refractivity contribution in [3.8, 4) is 0 Å². The highest BCUT2D eigenvalue weighted by Crippen LogP contribution is 2.24. The quantitative estimate of drug-likeness (QED) is 0.456. The highest BCUT2D eigenvalue weighted by molar-refractivity contribution is 14.1. The van der Waals surface area contributed by atoms with Gasteiger partial charge in [0.1, 0.15) is 6.61 Å². The fourth-order valence-electron chi connectivity index (χ4n) is 0.591. The van der Waals surface area contributed by atoms with Gasteiger partial charge in [0.15, 0.2) is 0 Å². The zero-order valence-electron chi connectivity index (χ0n) is 7.44. The highest BCUT2D eigenvalue weighted by Gasteiger charge is 2.07. The van der Waals surface area contributed by atoms with Crippen molar-refractivity contribution in [2.45, 2.75) is 20.3 Å². The number of carbonyl (C=O) groups is 1. The summed E-state index contributed by atoms with van der Waals surface area (Å²) in [5.74, 6) is 0.228. The number of rotatable bonds is 4. The average molecular weight is 473 g/mol. The van der Waals surface area contributed by atoms with Crippen molar-refractivity contribution in [3.63, 3.8) is 0 Å². The van der Waals surface area contributed by atoms with Gasteiger partial charge in [-0.15, -0.1) is 0 Å². The minimum absolute atomic E-state index is 0.130. The largest absolute Gasteiger partial charge is 0.460 e. The van der Waals surface area contributed by atoms with Gasteiger partial charge >= 0.3 is 5.97 Å². The van der Waals surface area contributed by atoms with E-state index in [4.69, 9.17) is 4.74 Å². The Labute approximate surface area is 114 Å². The molecule has 0 heterocycles. The Balaban J connectivity index is 3.78. The fraction of sp³-hybridized carbons (Fsp3) is 0.625. The van der Waals surface area contributed by atoms with Crippen molar-refractivity contribution in [1.82, 2.24) is 0 Å². The summed E-state index contributed by atoms with van der Waals surface area (Å²) >= 11 is 7.59. The maximum atomic E-state index is 11.1. The molecule has 0 saturated carbocycles. The Kier molecular flexibility index (Phi) is 8.10. The van der Waals surface area contributed by atoms with Crippen molar-refractivity contribution in [2.24, 2.45) is 5.92 Å². The maximum Gasteiger partial charge on any atom is 0.306 e. The Hall–Kier alpha value is 1.15. The first-order valence-corrected chi connectivity index (χ1v) is 6.73. The molecule has 0 radical (unpaired) electrons. The normalized spacial score (nSPS) is 12.8. The predicted molar refractivity (Wildman–Crippen MR) is 74.4 cm³/mol. The molecule has 76 valence electrons. The van der Waals surface area contributed by atoms with E-state index in [1.165, 1.54) is 0 Å². The third-order valence-electron chi connectivity index (χ3n) is 1.14. The van der Waals surface area contributed by atoms with Crippen LogP contribution in [0.1, 0.15) is 20.3 Å². The van der Waals surface area contributed by atoms with Crippen molar-refractivity contribution in [3.05, 3.63) is 6.07 Å². The van der Waals surface area contributed by atoms with Crippen LogP contribution in [-0.2, 0) is 9.53 Å². The van der Waals surface area contributed by atoms with Crippen molar-refractivity contribution < 1.29 is 9.53 Å². The van der Waals surface area contributed by atoms with Gasteiger partial charge in [-0.2, -0.15) is 0 Å². The summed E-state index contributed by atoms with van der Waals surface area (Å²) in [5, 5.41) is 0. The van der Waals surface area contributed by atoms with Gasteiger partial charge in [-0.3, -0.25) is 4.79 Å². The summed E-state index contributed by atoms with van der Waals surface area (Å²) in [6, 6.07) is 0. The van der Waals surface area contributed by atoms with E-state index in [0.717, 1.165) is 6.07 Å². The average Bonchev–Trinajstić information content (AvgIpc) is 1.98. The minimum Gasteiger partial charge on any atom is -0.460 e. The van der Waals surface area contributed by atoms with Crippen molar-refractivity contribution in [1.29, 1.82) is 0 Å². The van der Waals surface area contributed by atoms with E-state index in [2.05, 4.69) is 61.1 Å². The standard InChI is InChI=1S/C8H11BrI2O2/c1-5(2)3-7(12)13-4-6(10)8(9)11/h5H,3-4H2,1-2H3. The monoisotopic (exact) mass is 472 g/mol. The molecule has 0 aliphatic rings. The van der Waals surface area contributed by atoms with E-state index < -0.39 is 0 Å². The van der Waals surface area contributed by atoms with Crippen molar-refractivity contribution >= 4 is 67.1 Å². The van der Waals surface area contributed by atoms with Crippen LogP contribution in [0.25, 0.3) is 0 Å². The molecule has 0 aromatic carbocycles. The maximum absolute atomic E-state index is 11.1. The second kappa shape index (κ2) is 7.44. The lowest BCUT2D eigenvalue weighted by Gasteiger charge is -2.05. The van der Waals surface area contributed by atoms with Crippen LogP contribution in [0.4, 0.5) is 0 Å². The van der Waals surface area contributed by atoms with Crippen LogP contribution in [0, 0.1) is 5.92 Å². The van der Waals surface area contributed by atoms with E-state index in [1.807, 2.05) is 13.8 Å². The third kappa shape index (κ3) is 8.17. The summed E-state index contributed by atoms with van der Waals surface area (Å²) in [4.78, 5) is 11.1. The van der Waals surface area contributed by atoms with E-state index in [-0.39, 0.29) is 5.97 Å². The predicted octanol–water partition coefficient (Wildman–Crippen LogP) is 4.01. The molecule has 0 unspecified atom stereocenters. The van der Waals surface area contributed by atoms with Crippen LogP contribution < -0.4 is 0 Å². The number of hydrogen-bond acceptors (Lipinski definition) is 2. The van der Waals surface area contributed by atoms with Gasteiger partial charge < -0.3 is 4.74 Å². The molecule has 0 fully saturated rings. The smallest absolute Gasteiger partial charge is 0.306 e. The van der Waals surface area contributed by atoms with Crippen LogP contribution in [0.5, 0.6) is 0 Å². The van der Waals surface area contributed by atoms with Crippen LogP contribution >= 0.6 is 61.1 Å². The number of halogens is 3. The van der Waals surface area contributed by atoms with Gasteiger partial charge in [-0.05, 0) is 67.0 Å². The topological polar surface area (TPSA) is 26.3 Å². The summed E-state index contributed by atoms with van der Waals surface area (Å²) < 4.78 is 7.04. The molecule has 0 aliphatic heterocycles. The molecule has 0 spiro atoms. The van der Waals surface area contributed by atoms with E-state index in [9.17, 15) is 4.79 Å². The Bertz CT molecular complexity index is 210. The Morgan fingerprint density at radius 2 is 2.00 bits per heavy atom. The molecule has 0 rings (SSSR count). The van der Waals surface area contributed by atoms with E-state index in [0.29, 0.717) is 18.9 Å². The van der Waals surface area contributed by atoms with Crippen LogP contribution in [-0.4, -0.2) is 12.6 Å². The first kappa shape index (κ1) is 14.2. The van der Waals surface area contributed by atoms with E-state index in [1.54, 1.807) is 0 Å². The fourth-order valence-corrected chi connectivity index (χ4v) is 1.02. The molecule has 0 N–H and O–H groups in total.